The van der Waals surface area contributed by atoms with E-state index in [1.54, 1.807) is 21.8 Å². The van der Waals surface area contributed by atoms with E-state index in [9.17, 15) is 10.2 Å². The minimum absolute atomic E-state index is 0.0996. The number of aliphatic hydroxyl groups excluding tert-OH is 2. The van der Waals surface area contributed by atoms with Gasteiger partial charge in [-0.2, -0.15) is 0 Å². The second kappa shape index (κ2) is 9.79. The van der Waals surface area contributed by atoms with Crippen LogP contribution < -0.4 is 0 Å². The van der Waals surface area contributed by atoms with Gasteiger partial charge in [0.15, 0.2) is 0 Å². The van der Waals surface area contributed by atoms with E-state index in [0.717, 1.165) is 48.7 Å². The molecule has 6 atom stereocenters. The van der Waals surface area contributed by atoms with Gasteiger partial charge in [0.1, 0.15) is 12.2 Å². The Morgan fingerprint density at radius 2 is 1.05 bits per heavy atom. The highest BCUT2D eigenvalue weighted by atomic mass is 16.3. The summed E-state index contributed by atoms with van der Waals surface area (Å²) in [5.74, 6) is 0.199. The van der Waals surface area contributed by atoms with Crippen LogP contribution in [0, 0.1) is 11.8 Å². The van der Waals surface area contributed by atoms with Crippen LogP contribution in [0.25, 0.3) is 22.5 Å². The van der Waals surface area contributed by atoms with Crippen molar-refractivity contribution in [2.24, 2.45) is 11.8 Å². The van der Waals surface area contributed by atoms with Crippen molar-refractivity contribution in [3.63, 3.8) is 0 Å². The molecular formula is C32H30N10O2. The van der Waals surface area contributed by atoms with Crippen molar-refractivity contribution in [2.45, 2.75) is 50.2 Å². The fourth-order valence-corrected chi connectivity index (χ4v) is 7.91. The highest BCUT2D eigenvalue weighted by molar-refractivity contribution is 5.70. The zero-order valence-corrected chi connectivity index (χ0v) is 23.7. The van der Waals surface area contributed by atoms with E-state index in [4.69, 9.17) is 0 Å². The first kappa shape index (κ1) is 25.5. The van der Waals surface area contributed by atoms with Crippen molar-refractivity contribution in [2.75, 3.05) is 0 Å². The molecule has 0 saturated carbocycles. The predicted molar refractivity (Wildman–Crippen MR) is 158 cm³/mol. The summed E-state index contributed by atoms with van der Waals surface area (Å²) in [6.07, 6.45) is 11.5. The van der Waals surface area contributed by atoms with Gasteiger partial charge >= 0.3 is 0 Å². The Balaban J connectivity index is 0.000000123. The van der Waals surface area contributed by atoms with Crippen molar-refractivity contribution in [1.82, 2.24) is 49.1 Å². The number of rotatable bonds is 2. The third-order valence-electron chi connectivity index (χ3n) is 9.91. The normalized spacial score (nSPS) is 25.6. The number of aryl methyl sites for hydroxylation is 2. The van der Waals surface area contributed by atoms with Gasteiger partial charge in [0.05, 0.1) is 72.3 Å². The van der Waals surface area contributed by atoms with Crippen LogP contribution in [0.1, 0.15) is 59.6 Å². The predicted octanol–water partition coefficient (Wildman–Crippen LogP) is 3.60. The monoisotopic (exact) mass is 586 g/mol. The number of aromatic nitrogens is 10. The van der Waals surface area contributed by atoms with Crippen LogP contribution >= 0.6 is 0 Å². The quantitative estimate of drug-likeness (QED) is 0.314. The highest BCUT2D eigenvalue weighted by Gasteiger charge is 2.42. The molecule has 4 aliphatic rings. The van der Waals surface area contributed by atoms with Crippen LogP contribution in [0.5, 0.6) is 0 Å². The molecule has 0 bridgehead atoms. The lowest BCUT2D eigenvalue weighted by Gasteiger charge is -2.33. The Labute approximate surface area is 252 Å². The Kier molecular flexibility index (Phi) is 5.69. The number of aliphatic hydroxyl groups is 2. The lowest BCUT2D eigenvalue weighted by molar-refractivity contribution is 0.0523. The highest BCUT2D eigenvalue weighted by Crippen LogP contribution is 2.50. The average molecular weight is 587 g/mol. The van der Waals surface area contributed by atoms with Gasteiger partial charge in [0, 0.05) is 36.1 Å². The first-order chi connectivity index (χ1) is 21.7. The Morgan fingerprint density at radius 1 is 0.591 bits per heavy atom. The Morgan fingerprint density at radius 3 is 1.52 bits per heavy atom. The summed E-state index contributed by atoms with van der Waals surface area (Å²) in [6.45, 7) is 1.58. The van der Waals surface area contributed by atoms with Crippen molar-refractivity contribution >= 4 is 0 Å². The van der Waals surface area contributed by atoms with Crippen LogP contribution in [0.4, 0.5) is 0 Å². The second-order valence-corrected chi connectivity index (χ2v) is 12.0. The van der Waals surface area contributed by atoms with Crippen LogP contribution in [0.3, 0.4) is 0 Å². The van der Waals surface area contributed by atoms with Gasteiger partial charge in [-0.3, -0.25) is 0 Å². The maximum atomic E-state index is 10.8. The number of hydrogen-bond donors (Lipinski definition) is 2. The lowest BCUT2D eigenvalue weighted by Crippen LogP contribution is -2.31. The molecule has 12 nitrogen and oxygen atoms in total. The van der Waals surface area contributed by atoms with E-state index in [2.05, 4.69) is 88.3 Å². The van der Waals surface area contributed by atoms with E-state index in [1.807, 2.05) is 25.0 Å². The largest absolute Gasteiger partial charge is 0.386 e. The first-order valence-electron chi connectivity index (χ1n) is 15.0. The summed E-state index contributed by atoms with van der Waals surface area (Å²) in [4.78, 5) is 8.60. The summed E-state index contributed by atoms with van der Waals surface area (Å²) in [7, 11) is 0. The maximum Gasteiger partial charge on any atom is 0.102 e. The third kappa shape index (κ3) is 3.64. The first-order valence-corrected chi connectivity index (χ1v) is 15.0. The van der Waals surface area contributed by atoms with Gasteiger partial charge in [-0.15, -0.1) is 10.2 Å². The molecule has 220 valence electrons. The van der Waals surface area contributed by atoms with Gasteiger partial charge in [-0.1, -0.05) is 59.0 Å². The van der Waals surface area contributed by atoms with Crippen molar-refractivity contribution in [3.8, 4) is 22.5 Å². The fraction of sp³-hybridized carbons (Fsp3) is 0.312. The van der Waals surface area contributed by atoms with Crippen LogP contribution in [-0.2, 0) is 13.1 Å². The molecule has 0 amide bonds. The molecule has 44 heavy (non-hydrogen) atoms. The smallest absolute Gasteiger partial charge is 0.102 e. The topological polar surface area (TPSA) is 138 Å². The number of benzene rings is 2. The van der Waals surface area contributed by atoms with Gasteiger partial charge in [-0.05, 0) is 24.0 Å². The third-order valence-corrected chi connectivity index (χ3v) is 9.91. The molecule has 4 aliphatic heterocycles. The maximum absolute atomic E-state index is 10.8. The molecule has 6 aromatic rings. The summed E-state index contributed by atoms with van der Waals surface area (Å²) in [5, 5.41) is 37.6. The standard InChI is InChI=1S/2C16H15N5O/c2*22-16-12(5-6-21-14(16)8-18-19-21)15-11-4-2-1-3-10(11)13-7-17-9-20(13)15/h2*1-4,7-9,12,15-16,22H,5-6H2/t2*12-,15+,16+/m10/s1. The molecule has 0 spiro atoms. The van der Waals surface area contributed by atoms with E-state index < -0.39 is 12.2 Å². The molecule has 8 heterocycles. The molecule has 2 N–H and O–H groups in total. The molecule has 12 heteroatoms. The minimum Gasteiger partial charge on any atom is -0.386 e. The summed E-state index contributed by atoms with van der Waals surface area (Å²) < 4.78 is 7.99. The van der Waals surface area contributed by atoms with E-state index >= 15 is 0 Å². The Hall–Kier alpha value is -4.94. The minimum atomic E-state index is -0.560. The van der Waals surface area contributed by atoms with Gasteiger partial charge in [0.25, 0.3) is 0 Å². The molecule has 0 fully saturated rings. The van der Waals surface area contributed by atoms with Gasteiger partial charge in [0.2, 0.25) is 0 Å². The average Bonchev–Trinajstić information content (AvgIpc) is 3.88. The molecule has 10 rings (SSSR count). The fourth-order valence-electron chi connectivity index (χ4n) is 7.91. The Bertz CT molecular complexity index is 1850. The van der Waals surface area contributed by atoms with Crippen LogP contribution in [0.2, 0.25) is 0 Å². The van der Waals surface area contributed by atoms with Crippen LogP contribution in [0.15, 0.2) is 86.0 Å². The molecular weight excluding hydrogens is 556 g/mol. The van der Waals surface area contributed by atoms with Crippen LogP contribution in [-0.4, -0.2) is 59.3 Å². The lowest BCUT2D eigenvalue weighted by atomic mass is 9.83. The zero-order valence-electron chi connectivity index (χ0n) is 23.7. The summed E-state index contributed by atoms with van der Waals surface area (Å²) in [6, 6.07) is 17.0. The molecule has 4 aromatic heterocycles. The SMILES string of the molecule is O[C@@H]1c2cnnn2CC[C@@H]1[C@@H]1c2ccccc2-c2cncn21.O[C@H]1c2cnnn2CC[C@H]1[C@H]1c2ccccc2-c2cncn21. The molecule has 0 aliphatic carbocycles. The zero-order chi connectivity index (χ0) is 29.4. The van der Waals surface area contributed by atoms with Crippen molar-refractivity contribution < 1.29 is 10.2 Å². The molecule has 0 unspecified atom stereocenters. The van der Waals surface area contributed by atoms with E-state index in [-0.39, 0.29) is 23.9 Å². The molecule has 0 saturated heterocycles. The van der Waals surface area contributed by atoms with Crippen molar-refractivity contribution in [3.05, 3.63) is 108 Å². The summed E-state index contributed by atoms with van der Waals surface area (Å²) in [5.41, 5.74) is 8.85. The van der Waals surface area contributed by atoms with Gasteiger partial charge in [-0.25, -0.2) is 19.3 Å². The number of hydrogen-bond acceptors (Lipinski definition) is 8. The number of imidazole rings is 2. The van der Waals surface area contributed by atoms with Gasteiger partial charge < -0.3 is 19.3 Å². The van der Waals surface area contributed by atoms with E-state index in [1.165, 1.54) is 22.3 Å². The number of nitrogens with zero attached hydrogens (tertiary/aromatic N) is 10. The molecule has 0 radical (unpaired) electrons. The summed E-state index contributed by atoms with van der Waals surface area (Å²) >= 11 is 0. The number of fused-ring (bicyclic) bond motifs is 8. The van der Waals surface area contributed by atoms with E-state index in [0.29, 0.717) is 0 Å². The second-order valence-electron chi connectivity index (χ2n) is 12.0. The van der Waals surface area contributed by atoms with Crippen molar-refractivity contribution in [1.29, 1.82) is 0 Å². The molecule has 2 aromatic carbocycles.